The molecule has 1 fully saturated rings. The van der Waals surface area contributed by atoms with E-state index in [0.717, 1.165) is 13.0 Å². The maximum atomic E-state index is 13.5. The molecule has 1 heterocycles. The summed E-state index contributed by atoms with van der Waals surface area (Å²) in [6.45, 7) is 4.86. The van der Waals surface area contributed by atoms with Crippen molar-refractivity contribution in [1.29, 1.82) is 0 Å². The van der Waals surface area contributed by atoms with Crippen molar-refractivity contribution >= 4 is 11.8 Å². The third-order valence-corrected chi connectivity index (χ3v) is 2.98. The van der Waals surface area contributed by atoms with Gasteiger partial charge in [-0.3, -0.25) is 0 Å². The molecule has 2 unspecified atom stereocenters. The molecule has 0 aromatic carbocycles. The van der Waals surface area contributed by atoms with E-state index in [4.69, 9.17) is 0 Å². The topological polar surface area (TPSA) is 49.8 Å². The van der Waals surface area contributed by atoms with Gasteiger partial charge in [-0.1, -0.05) is 13.3 Å². The number of halogens is 1. The first-order valence-corrected chi connectivity index (χ1v) is 6.27. The fraction of sp³-hybridized carbons (Fsp3) is 0.667. The van der Waals surface area contributed by atoms with Gasteiger partial charge in [-0.2, -0.15) is 4.98 Å². The van der Waals surface area contributed by atoms with Crippen LogP contribution in [0.4, 0.5) is 16.2 Å². The molecular formula is C12H19FN4. The first-order chi connectivity index (χ1) is 8.24. The Labute approximate surface area is 101 Å². The molecule has 0 saturated heterocycles. The third kappa shape index (κ3) is 3.05. The van der Waals surface area contributed by atoms with Gasteiger partial charge in [0, 0.05) is 12.6 Å². The maximum Gasteiger partial charge on any atom is 0.224 e. The van der Waals surface area contributed by atoms with Gasteiger partial charge in [0.15, 0.2) is 11.6 Å². The Morgan fingerprint density at radius 3 is 3.00 bits per heavy atom. The van der Waals surface area contributed by atoms with Gasteiger partial charge in [-0.05, 0) is 25.7 Å². The summed E-state index contributed by atoms with van der Waals surface area (Å²) in [7, 11) is 0. The number of rotatable bonds is 6. The van der Waals surface area contributed by atoms with Crippen molar-refractivity contribution in [1.82, 2.24) is 9.97 Å². The minimum atomic E-state index is -0.381. The van der Waals surface area contributed by atoms with Crippen LogP contribution in [-0.4, -0.2) is 22.6 Å². The van der Waals surface area contributed by atoms with Crippen LogP contribution in [0.2, 0.25) is 0 Å². The molecule has 2 N–H and O–H groups in total. The smallest absolute Gasteiger partial charge is 0.224 e. The number of aromatic nitrogens is 2. The summed E-state index contributed by atoms with van der Waals surface area (Å²) in [6.07, 6.45) is 4.71. The lowest BCUT2D eigenvalue weighted by Gasteiger charge is -2.08. The normalized spacial score (nSPS) is 22.3. The van der Waals surface area contributed by atoms with Crippen molar-refractivity contribution in [2.75, 3.05) is 17.2 Å². The summed E-state index contributed by atoms with van der Waals surface area (Å²) < 4.78 is 13.5. The molecule has 1 saturated carbocycles. The molecule has 0 amide bonds. The first kappa shape index (κ1) is 12.1. The molecule has 1 aliphatic rings. The quantitative estimate of drug-likeness (QED) is 0.800. The average Bonchev–Trinajstić information content (AvgIpc) is 3.02. The van der Waals surface area contributed by atoms with E-state index in [1.54, 1.807) is 0 Å². The lowest BCUT2D eigenvalue weighted by molar-refractivity contribution is 0.614. The van der Waals surface area contributed by atoms with E-state index in [2.05, 4.69) is 27.5 Å². The van der Waals surface area contributed by atoms with Crippen molar-refractivity contribution in [3.63, 3.8) is 0 Å². The summed E-state index contributed by atoms with van der Waals surface area (Å²) in [6, 6.07) is 0.383. The lowest BCUT2D eigenvalue weighted by atomic mass is 10.2. The second-order valence-corrected chi connectivity index (χ2v) is 4.46. The fourth-order valence-electron chi connectivity index (χ4n) is 2.00. The number of nitrogens with zero attached hydrogens (tertiary/aromatic N) is 2. The second kappa shape index (κ2) is 5.29. The van der Waals surface area contributed by atoms with Crippen LogP contribution >= 0.6 is 0 Å². The Kier molecular flexibility index (Phi) is 3.76. The van der Waals surface area contributed by atoms with Crippen LogP contribution in [0, 0.1) is 11.7 Å². The molecule has 2 rings (SSSR count). The van der Waals surface area contributed by atoms with Gasteiger partial charge in [0.2, 0.25) is 5.95 Å². The van der Waals surface area contributed by atoms with E-state index in [0.29, 0.717) is 23.7 Å². The number of nitrogens with one attached hydrogen (secondary N) is 2. The Balaban J connectivity index is 1.98. The summed E-state index contributed by atoms with van der Waals surface area (Å²) in [5, 5.41) is 6.13. The zero-order chi connectivity index (χ0) is 12.3. The van der Waals surface area contributed by atoms with E-state index >= 15 is 0 Å². The lowest BCUT2D eigenvalue weighted by Crippen LogP contribution is -2.11. The second-order valence-electron chi connectivity index (χ2n) is 4.46. The third-order valence-electron chi connectivity index (χ3n) is 2.98. The van der Waals surface area contributed by atoms with E-state index in [9.17, 15) is 4.39 Å². The summed E-state index contributed by atoms with van der Waals surface area (Å²) in [5.41, 5.74) is 0. The Hall–Kier alpha value is -1.39. The minimum absolute atomic E-state index is 0.319. The predicted octanol–water partition coefficient (Wildman–Crippen LogP) is 2.65. The summed E-state index contributed by atoms with van der Waals surface area (Å²) >= 11 is 0. The molecule has 0 bridgehead atoms. The molecule has 0 spiro atoms. The van der Waals surface area contributed by atoms with Gasteiger partial charge >= 0.3 is 0 Å². The number of hydrogen-bond acceptors (Lipinski definition) is 4. The molecule has 2 atom stereocenters. The van der Waals surface area contributed by atoms with Gasteiger partial charge in [0.1, 0.15) is 0 Å². The summed E-state index contributed by atoms with van der Waals surface area (Å²) in [5.74, 6) is 1.09. The van der Waals surface area contributed by atoms with Crippen LogP contribution in [0.5, 0.6) is 0 Å². The van der Waals surface area contributed by atoms with Crippen molar-refractivity contribution in [3.8, 4) is 0 Å². The molecule has 1 aromatic heterocycles. The van der Waals surface area contributed by atoms with Crippen LogP contribution in [0.15, 0.2) is 6.20 Å². The predicted molar refractivity (Wildman–Crippen MR) is 66.6 cm³/mol. The Morgan fingerprint density at radius 1 is 1.47 bits per heavy atom. The molecule has 1 aliphatic carbocycles. The van der Waals surface area contributed by atoms with Crippen molar-refractivity contribution in [2.45, 2.75) is 39.2 Å². The maximum absolute atomic E-state index is 13.5. The van der Waals surface area contributed by atoms with Gasteiger partial charge in [-0.25, -0.2) is 9.37 Å². The van der Waals surface area contributed by atoms with E-state index < -0.39 is 0 Å². The number of hydrogen-bond donors (Lipinski definition) is 2. The van der Waals surface area contributed by atoms with Crippen molar-refractivity contribution in [3.05, 3.63) is 12.0 Å². The van der Waals surface area contributed by atoms with E-state index in [1.165, 1.54) is 19.0 Å². The molecule has 4 nitrogen and oxygen atoms in total. The highest BCUT2D eigenvalue weighted by Crippen LogP contribution is 2.37. The highest BCUT2D eigenvalue weighted by Gasteiger charge is 2.36. The highest BCUT2D eigenvalue weighted by atomic mass is 19.1. The molecule has 94 valence electrons. The standard InChI is InChI=1S/C12H19FN4/c1-3-5-8-6-10(8)16-11-9(13)7-15-12(17-11)14-4-2/h7-8,10H,3-6H2,1-2H3,(H2,14,15,16,17). The largest absolute Gasteiger partial charge is 0.364 e. The minimum Gasteiger partial charge on any atom is -0.364 e. The van der Waals surface area contributed by atoms with Gasteiger partial charge in [0.05, 0.1) is 6.20 Å². The highest BCUT2D eigenvalue weighted by molar-refractivity contribution is 5.43. The van der Waals surface area contributed by atoms with Crippen molar-refractivity contribution in [2.24, 2.45) is 5.92 Å². The van der Waals surface area contributed by atoms with Gasteiger partial charge in [0.25, 0.3) is 0 Å². The SMILES string of the molecule is CCCC1CC1Nc1nc(NCC)ncc1F. The molecule has 5 heteroatoms. The molecule has 0 radical (unpaired) electrons. The van der Waals surface area contributed by atoms with Crippen LogP contribution in [0.25, 0.3) is 0 Å². The summed E-state index contributed by atoms with van der Waals surface area (Å²) in [4.78, 5) is 8.00. The van der Waals surface area contributed by atoms with Crippen LogP contribution in [-0.2, 0) is 0 Å². The Morgan fingerprint density at radius 2 is 2.29 bits per heavy atom. The molecule has 0 aliphatic heterocycles. The van der Waals surface area contributed by atoms with E-state index in [1.807, 2.05) is 6.92 Å². The zero-order valence-corrected chi connectivity index (χ0v) is 10.3. The number of anilines is 2. The van der Waals surface area contributed by atoms with Crippen LogP contribution in [0.3, 0.4) is 0 Å². The zero-order valence-electron chi connectivity index (χ0n) is 10.3. The average molecular weight is 238 g/mol. The van der Waals surface area contributed by atoms with Gasteiger partial charge < -0.3 is 10.6 Å². The van der Waals surface area contributed by atoms with E-state index in [-0.39, 0.29) is 5.82 Å². The molecule has 17 heavy (non-hydrogen) atoms. The Bertz CT molecular complexity index is 383. The fourth-order valence-corrected chi connectivity index (χ4v) is 2.00. The van der Waals surface area contributed by atoms with Crippen LogP contribution in [0.1, 0.15) is 33.1 Å². The van der Waals surface area contributed by atoms with Gasteiger partial charge in [-0.15, -0.1) is 0 Å². The molecular weight excluding hydrogens is 219 g/mol. The monoisotopic (exact) mass is 238 g/mol. The van der Waals surface area contributed by atoms with Crippen LogP contribution < -0.4 is 10.6 Å². The van der Waals surface area contributed by atoms with Crippen molar-refractivity contribution < 1.29 is 4.39 Å². The molecule has 1 aromatic rings. The first-order valence-electron chi connectivity index (χ1n) is 6.27.